The van der Waals surface area contributed by atoms with Crippen molar-refractivity contribution in [2.24, 2.45) is 11.7 Å². The van der Waals surface area contributed by atoms with Gasteiger partial charge in [-0.3, -0.25) is 14.9 Å². The minimum atomic E-state index is -0.499. The van der Waals surface area contributed by atoms with Gasteiger partial charge in [0, 0.05) is 18.7 Å². The molecular weight excluding hydrogens is 274 g/mol. The number of amides is 1. The van der Waals surface area contributed by atoms with Crippen LogP contribution in [0.1, 0.15) is 25.3 Å². The van der Waals surface area contributed by atoms with E-state index in [1.807, 2.05) is 0 Å². The Morgan fingerprint density at radius 3 is 2.86 bits per heavy atom. The molecule has 7 nitrogen and oxygen atoms in total. The molecule has 1 amide bonds. The molecule has 0 bridgehead atoms. The number of nitro groups is 1. The number of hydrogen-bond donors (Lipinski definition) is 2. The Kier molecular flexibility index (Phi) is 4.74. The third kappa shape index (κ3) is 4.42. The van der Waals surface area contributed by atoms with Crippen LogP contribution in [0, 0.1) is 16.0 Å². The van der Waals surface area contributed by atoms with Crippen molar-refractivity contribution in [3.63, 3.8) is 0 Å². The van der Waals surface area contributed by atoms with Crippen LogP contribution < -0.4 is 15.8 Å². The van der Waals surface area contributed by atoms with E-state index < -0.39 is 16.7 Å². The Morgan fingerprint density at radius 1 is 1.57 bits per heavy atom. The molecule has 0 heterocycles. The minimum absolute atomic E-state index is 0.0237. The molecule has 3 N–H and O–H groups in total. The maximum absolute atomic E-state index is 11.1. The van der Waals surface area contributed by atoms with Gasteiger partial charge in [-0.1, -0.05) is 13.0 Å². The van der Waals surface area contributed by atoms with Gasteiger partial charge in [0.2, 0.25) is 5.91 Å². The quantitative estimate of drug-likeness (QED) is 0.555. The number of nitrogens with two attached hydrogens (primary N) is 1. The topological polar surface area (TPSA) is 107 Å². The standard InChI is InChI=1S/C14H19N3O4/c1-9(14(15)18)8-21-13-5-2-10(6-12(13)17(19)20)7-16-11-3-4-11/h2,5-6,9,11,16H,3-4,7-8H2,1H3,(H2,15,18). The summed E-state index contributed by atoms with van der Waals surface area (Å²) in [5, 5.41) is 14.4. The third-order valence-corrected chi connectivity index (χ3v) is 3.37. The molecule has 114 valence electrons. The summed E-state index contributed by atoms with van der Waals surface area (Å²) in [7, 11) is 0. The van der Waals surface area contributed by atoms with Gasteiger partial charge < -0.3 is 15.8 Å². The zero-order chi connectivity index (χ0) is 15.4. The summed E-state index contributed by atoms with van der Waals surface area (Å²) < 4.78 is 5.35. The average molecular weight is 293 g/mol. The monoisotopic (exact) mass is 293 g/mol. The second-order valence-corrected chi connectivity index (χ2v) is 5.33. The first-order valence-corrected chi connectivity index (χ1v) is 6.90. The lowest BCUT2D eigenvalue weighted by atomic mass is 10.1. The lowest BCUT2D eigenvalue weighted by molar-refractivity contribution is -0.386. The number of benzene rings is 1. The van der Waals surface area contributed by atoms with Gasteiger partial charge in [-0.25, -0.2) is 0 Å². The Balaban J connectivity index is 2.04. The molecule has 0 aliphatic heterocycles. The lowest BCUT2D eigenvalue weighted by Crippen LogP contribution is -2.25. The molecule has 1 aliphatic rings. The molecule has 1 atom stereocenters. The number of ether oxygens (including phenoxy) is 1. The highest BCUT2D eigenvalue weighted by molar-refractivity contribution is 5.76. The van der Waals surface area contributed by atoms with Crippen molar-refractivity contribution in [3.8, 4) is 5.75 Å². The maximum Gasteiger partial charge on any atom is 0.311 e. The first-order chi connectivity index (χ1) is 9.97. The second-order valence-electron chi connectivity index (χ2n) is 5.33. The molecule has 0 saturated heterocycles. The predicted molar refractivity (Wildman–Crippen MR) is 76.8 cm³/mol. The molecule has 1 unspecified atom stereocenters. The van der Waals surface area contributed by atoms with Crippen molar-refractivity contribution >= 4 is 11.6 Å². The lowest BCUT2D eigenvalue weighted by Gasteiger charge is -2.11. The molecule has 0 aromatic heterocycles. The summed E-state index contributed by atoms with van der Waals surface area (Å²) in [6.45, 7) is 2.24. The van der Waals surface area contributed by atoms with Crippen LogP contribution in [0.15, 0.2) is 18.2 Å². The zero-order valence-corrected chi connectivity index (χ0v) is 11.9. The van der Waals surface area contributed by atoms with Crippen molar-refractivity contribution in [1.29, 1.82) is 0 Å². The van der Waals surface area contributed by atoms with E-state index in [4.69, 9.17) is 10.5 Å². The van der Waals surface area contributed by atoms with Gasteiger partial charge in [-0.05, 0) is 24.5 Å². The van der Waals surface area contributed by atoms with E-state index in [2.05, 4.69) is 5.32 Å². The van der Waals surface area contributed by atoms with Crippen LogP contribution in [0.4, 0.5) is 5.69 Å². The van der Waals surface area contributed by atoms with Crippen molar-refractivity contribution in [2.75, 3.05) is 6.61 Å². The Morgan fingerprint density at radius 2 is 2.29 bits per heavy atom. The molecule has 2 rings (SSSR count). The van der Waals surface area contributed by atoms with Crippen LogP contribution in [0.2, 0.25) is 0 Å². The molecule has 1 saturated carbocycles. The normalized spacial score (nSPS) is 15.5. The number of carbonyl (C=O) groups is 1. The molecule has 1 aliphatic carbocycles. The van der Waals surface area contributed by atoms with Gasteiger partial charge >= 0.3 is 5.69 Å². The smallest absolute Gasteiger partial charge is 0.311 e. The second kappa shape index (κ2) is 6.53. The van der Waals surface area contributed by atoms with Gasteiger partial charge in [0.15, 0.2) is 5.75 Å². The highest BCUT2D eigenvalue weighted by Crippen LogP contribution is 2.29. The highest BCUT2D eigenvalue weighted by atomic mass is 16.6. The largest absolute Gasteiger partial charge is 0.486 e. The van der Waals surface area contributed by atoms with E-state index in [1.165, 1.54) is 6.07 Å². The number of primary amides is 1. The SMILES string of the molecule is CC(COc1ccc(CNC2CC2)cc1[N+](=O)[O-])C(N)=O. The van der Waals surface area contributed by atoms with E-state index >= 15 is 0 Å². The summed E-state index contributed by atoms with van der Waals surface area (Å²) >= 11 is 0. The average Bonchev–Trinajstić information content (AvgIpc) is 3.26. The third-order valence-electron chi connectivity index (χ3n) is 3.37. The number of rotatable bonds is 8. The summed E-state index contributed by atoms with van der Waals surface area (Å²) in [4.78, 5) is 21.6. The number of hydrogen-bond acceptors (Lipinski definition) is 5. The number of nitrogens with zero attached hydrogens (tertiary/aromatic N) is 1. The minimum Gasteiger partial charge on any atom is -0.486 e. The summed E-state index contributed by atoms with van der Waals surface area (Å²) in [6.07, 6.45) is 2.32. The molecule has 1 fully saturated rings. The fourth-order valence-corrected chi connectivity index (χ4v) is 1.78. The molecule has 7 heteroatoms. The van der Waals surface area contributed by atoms with Crippen LogP contribution >= 0.6 is 0 Å². The van der Waals surface area contributed by atoms with E-state index in [0.717, 1.165) is 18.4 Å². The first-order valence-electron chi connectivity index (χ1n) is 6.90. The number of nitro benzene ring substituents is 1. The fourth-order valence-electron chi connectivity index (χ4n) is 1.78. The van der Waals surface area contributed by atoms with Crippen molar-refractivity contribution in [1.82, 2.24) is 5.32 Å². The van der Waals surface area contributed by atoms with Crippen LogP contribution in [-0.4, -0.2) is 23.5 Å². The zero-order valence-electron chi connectivity index (χ0n) is 11.9. The van der Waals surface area contributed by atoms with Crippen LogP contribution in [-0.2, 0) is 11.3 Å². The van der Waals surface area contributed by atoms with Crippen LogP contribution in [0.25, 0.3) is 0 Å². The maximum atomic E-state index is 11.1. The van der Waals surface area contributed by atoms with E-state index in [9.17, 15) is 14.9 Å². The Bertz CT molecular complexity index is 543. The fraction of sp³-hybridized carbons (Fsp3) is 0.500. The van der Waals surface area contributed by atoms with Crippen molar-refractivity contribution in [2.45, 2.75) is 32.4 Å². The summed E-state index contributed by atoms with van der Waals surface area (Å²) in [5.74, 6) is -0.841. The van der Waals surface area contributed by atoms with Crippen LogP contribution in [0.3, 0.4) is 0 Å². The molecule has 21 heavy (non-hydrogen) atoms. The van der Waals surface area contributed by atoms with Crippen LogP contribution in [0.5, 0.6) is 5.75 Å². The summed E-state index contributed by atoms with van der Waals surface area (Å²) in [6, 6.07) is 5.39. The number of carbonyl (C=O) groups excluding carboxylic acids is 1. The Hall–Kier alpha value is -2.15. The highest BCUT2D eigenvalue weighted by Gasteiger charge is 2.22. The predicted octanol–water partition coefficient (Wildman–Crippen LogP) is 1.35. The van der Waals surface area contributed by atoms with Gasteiger partial charge in [-0.15, -0.1) is 0 Å². The summed E-state index contributed by atoms with van der Waals surface area (Å²) in [5.41, 5.74) is 5.88. The van der Waals surface area contributed by atoms with Gasteiger partial charge in [-0.2, -0.15) is 0 Å². The molecule has 0 spiro atoms. The number of nitrogens with one attached hydrogen (secondary N) is 1. The van der Waals surface area contributed by atoms with Crippen molar-refractivity contribution in [3.05, 3.63) is 33.9 Å². The van der Waals surface area contributed by atoms with E-state index in [1.54, 1.807) is 19.1 Å². The van der Waals surface area contributed by atoms with Gasteiger partial charge in [0.05, 0.1) is 17.4 Å². The van der Waals surface area contributed by atoms with E-state index in [-0.39, 0.29) is 18.0 Å². The van der Waals surface area contributed by atoms with Crippen molar-refractivity contribution < 1.29 is 14.5 Å². The molecule has 0 radical (unpaired) electrons. The van der Waals surface area contributed by atoms with Gasteiger partial charge in [0.25, 0.3) is 0 Å². The molecule has 1 aromatic carbocycles. The molecular formula is C14H19N3O4. The molecule has 1 aromatic rings. The van der Waals surface area contributed by atoms with E-state index in [0.29, 0.717) is 12.6 Å². The Labute approximate surface area is 122 Å². The van der Waals surface area contributed by atoms with Gasteiger partial charge in [0.1, 0.15) is 0 Å². The first kappa shape index (κ1) is 15.2.